The highest BCUT2D eigenvalue weighted by Crippen LogP contribution is 2.36. The predicted molar refractivity (Wildman–Crippen MR) is 73.3 cm³/mol. The van der Waals surface area contributed by atoms with E-state index in [4.69, 9.17) is 0 Å². The molecule has 79 valence electrons. The molecule has 0 saturated heterocycles. The summed E-state index contributed by atoms with van der Waals surface area (Å²) in [7, 11) is -3.05. The third-order valence-electron chi connectivity index (χ3n) is 2.25. The van der Waals surface area contributed by atoms with Gasteiger partial charge in [0, 0.05) is 24.2 Å². The molecule has 0 aromatic heterocycles. The fourth-order valence-corrected chi connectivity index (χ4v) is 30.4. The Labute approximate surface area is 88.2 Å². The first-order chi connectivity index (χ1) is 5.37. The highest BCUT2D eigenvalue weighted by Gasteiger charge is 2.45. The van der Waals surface area contributed by atoms with Crippen LogP contribution in [0.4, 0.5) is 0 Å². The molecule has 0 aliphatic heterocycles. The Morgan fingerprint density at radius 2 is 0.615 bits per heavy atom. The molecule has 0 atom stereocenters. The van der Waals surface area contributed by atoms with E-state index >= 15 is 0 Å². The third kappa shape index (κ3) is 4.13. The Hall–Kier alpha value is 0.651. The number of rotatable bonds is 3. The van der Waals surface area contributed by atoms with E-state index < -0.39 is 24.2 Å². The Bertz CT molecular complexity index is 133. The van der Waals surface area contributed by atoms with Gasteiger partial charge in [0.1, 0.15) is 0 Å². The minimum absolute atomic E-state index is 1.02. The van der Waals surface area contributed by atoms with Crippen molar-refractivity contribution in [2.75, 3.05) is 0 Å². The van der Waals surface area contributed by atoms with E-state index in [1.807, 2.05) is 0 Å². The summed E-state index contributed by atoms with van der Waals surface area (Å²) in [5.74, 6) is 0. The van der Waals surface area contributed by atoms with E-state index in [0.29, 0.717) is 0 Å². The van der Waals surface area contributed by atoms with Gasteiger partial charge in [0.25, 0.3) is 0 Å². The Kier molecular flexibility index (Phi) is 3.85. The predicted octanol–water partition coefficient (Wildman–Crippen LogP) is 4.19. The Morgan fingerprint density at radius 1 is 0.462 bits per heavy atom. The van der Waals surface area contributed by atoms with Crippen molar-refractivity contribution in [1.82, 2.24) is 0 Å². The summed E-state index contributed by atoms with van der Waals surface area (Å²) in [5.41, 5.74) is 0. The van der Waals surface area contributed by atoms with Gasteiger partial charge in [-0.15, -0.1) is 0 Å². The monoisotopic (exact) mass is 231 g/mol. The first-order valence-electron chi connectivity index (χ1n) is 5.25. The van der Waals surface area contributed by atoms with Crippen LogP contribution in [-0.2, 0) is 0 Å². The maximum Gasteiger partial charge on any atom is 0.0449 e. The lowest BCUT2D eigenvalue weighted by Gasteiger charge is -2.45. The summed E-state index contributed by atoms with van der Waals surface area (Å²) >= 11 is 0. The fraction of sp³-hybridized carbons (Fsp3) is 0.900. The molecule has 0 aliphatic rings. The minimum atomic E-state index is -1.02. The molecule has 0 aliphatic carbocycles. The van der Waals surface area contributed by atoms with Crippen LogP contribution in [0.3, 0.4) is 0 Å². The maximum atomic E-state index is 2.53. The second kappa shape index (κ2) is 3.66. The topological polar surface area (TPSA) is 0 Å². The molecule has 0 spiro atoms. The van der Waals surface area contributed by atoms with Crippen LogP contribution in [-0.4, -0.2) is 24.2 Å². The molecule has 0 rings (SSSR count). The highest BCUT2D eigenvalue weighted by atomic mass is 28.5. The van der Waals surface area contributed by atoms with Crippen molar-refractivity contribution in [2.45, 2.75) is 58.9 Å². The molecule has 0 N–H and O–H groups in total. The summed E-state index contributed by atoms with van der Waals surface area (Å²) in [4.78, 5) is 2.06. The van der Waals surface area contributed by atoms with E-state index in [0.717, 1.165) is 0 Å². The SMILES string of the molecule is C[Si](C)(C)[C]([Si](C)(C)C)[Si](C)(C)C. The van der Waals surface area contributed by atoms with Crippen LogP contribution in [0.2, 0.25) is 58.9 Å². The van der Waals surface area contributed by atoms with Gasteiger partial charge in [-0.25, -0.2) is 0 Å². The molecule has 0 saturated carbocycles. The third-order valence-corrected chi connectivity index (χ3v) is 20.2. The molecule has 13 heavy (non-hydrogen) atoms. The molecule has 0 bridgehead atoms. The maximum absolute atomic E-state index is 2.53. The standard InChI is InChI=1S/C10H27Si3/c1-11(2,3)10(12(4,5)6)13(7,8)9/h1-9H3. The number of hydrogen-bond acceptors (Lipinski definition) is 0. The van der Waals surface area contributed by atoms with Crippen molar-refractivity contribution in [3.8, 4) is 0 Å². The quantitative estimate of drug-likeness (QED) is 0.639. The van der Waals surface area contributed by atoms with Gasteiger partial charge in [0.2, 0.25) is 0 Å². The van der Waals surface area contributed by atoms with Crippen molar-refractivity contribution >= 4 is 24.2 Å². The molecule has 0 heterocycles. The van der Waals surface area contributed by atoms with Crippen molar-refractivity contribution in [1.29, 1.82) is 0 Å². The molecule has 0 amide bonds. The Balaban J connectivity index is 5.02. The zero-order valence-corrected chi connectivity index (χ0v) is 14.0. The van der Waals surface area contributed by atoms with E-state index in [1.54, 1.807) is 0 Å². The molecule has 0 fully saturated rings. The lowest BCUT2D eigenvalue weighted by Crippen LogP contribution is -2.58. The van der Waals surface area contributed by atoms with Crippen LogP contribution in [0.5, 0.6) is 0 Å². The van der Waals surface area contributed by atoms with E-state index in [9.17, 15) is 0 Å². The van der Waals surface area contributed by atoms with Crippen molar-refractivity contribution < 1.29 is 0 Å². The van der Waals surface area contributed by atoms with Gasteiger partial charge in [-0.1, -0.05) is 58.9 Å². The largest absolute Gasteiger partial charge is 0.0696 e. The van der Waals surface area contributed by atoms with Crippen LogP contribution < -0.4 is 0 Å². The summed E-state index contributed by atoms with van der Waals surface area (Å²) in [5, 5.41) is 0. The number of hydrogen-bond donors (Lipinski definition) is 0. The van der Waals surface area contributed by atoms with Gasteiger partial charge in [-0.2, -0.15) is 0 Å². The van der Waals surface area contributed by atoms with Gasteiger partial charge >= 0.3 is 0 Å². The second-order valence-corrected chi connectivity index (χ2v) is 23.6. The molecular weight excluding hydrogens is 204 g/mol. The summed E-state index contributed by atoms with van der Waals surface area (Å²) in [6.07, 6.45) is 0. The summed E-state index contributed by atoms with van der Waals surface area (Å²) < 4.78 is 0. The van der Waals surface area contributed by atoms with E-state index in [2.05, 4.69) is 63.7 Å². The highest BCUT2D eigenvalue weighted by molar-refractivity contribution is 7.19. The van der Waals surface area contributed by atoms with E-state index in [-0.39, 0.29) is 0 Å². The minimum Gasteiger partial charge on any atom is -0.0696 e. The average Bonchev–Trinajstić information content (AvgIpc) is 1.44. The first kappa shape index (κ1) is 13.7. The van der Waals surface area contributed by atoms with Gasteiger partial charge in [-0.05, 0) is 4.79 Å². The van der Waals surface area contributed by atoms with Gasteiger partial charge < -0.3 is 0 Å². The van der Waals surface area contributed by atoms with Crippen molar-refractivity contribution in [3.63, 3.8) is 0 Å². The van der Waals surface area contributed by atoms with Crippen LogP contribution in [0.1, 0.15) is 0 Å². The summed E-state index contributed by atoms with van der Waals surface area (Å²) in [6.45, 7) is 22.7. The summed E-state index contributed by atoms with van der Waals surface area (Å²) in [6, 6.07) is 0. The lowest BCUT2D eigenvalue weighted by atomic mass is 11.7. The molecule has 0 aromatic rings. The van der Waals surface area contributed by atoms with Gasteiger partial charge in [0.05, 0.1) is 0 Å². The van der Waals surface area contributed by atoms with Crippen LogP contribution >= 0.6 is 0 Å². The van der Waals surface area contributed by atoms with Gasteiger partial charge in [0.15, 0.2) is 0 Å². The second-order valence-electron chi connectivity index (χ2n) is 7.12. The van der Waals surface area contributed by atoms with Crippen molar-refractivity contribution in [2.24, 2.45) is 0 Å². The molecule has 0 aromatic carbocycles. The molecular formula is C10H27Si3. The van der Waals surface area contributed by atoms with Crippen molar-refractivity contribution in [3.05, 3.63) is 4.79 Å². The van der Waals surface area contributed by atoms with E-state index in [1.165, 1.54) is 0 Å². The zero-order valence-electron chi connectivity index (χ0n) is 11.0. The molecule has 3 heteroatoms. The normalized spacial score (nSPS) is 15.2. The fourth-order valence-electron chi connectivity index (χ4n) is 3.38. The van der Waals surface area contributed by atoms with Crippen LogP contribution in [0, 0.1) is 4.79 Å². The Morgan fingerprint density at radius 3 is 0.615 bits per heavy atom. The average molecular weight is 232 g/mol. The molecule has 0 unspecified atom stereocenters. The molecule has 1 radical (unpaired) electrons. The van der Waals surface area contributed by atoms with Gasteiger partial charge in [-0.3, -0.25) is 0 Å². The lowest BCUT2D eigenvalue weighted by molar-refractivity contribution is 1.51. The first-order valence-corrected chi connectivity index (χ1v) is 15.8. The van der Waals surface area contributed by atoms with Crippen LogP contribution in [0.15, 0.2) is 0 Å². The van der Waals surface area contributed by atoms with Crippen LogP contribution in [0.25, 0.3) is 0 Å². The zero-order chi connectivity index (χ0) is 11.1. The smallest absolute Gasteiger partial charge is 0.0449 e. The molecule has 0 nitrogen and oxygen atoms in total.